The normalized spacial score (nSPS) is 15.0. The largest absolute Gasteiger partial charge is 0.367 e. The van der Waals surface area contributed by atoms with Gasteiger partial charge >= 0.3 is 0 Å². The van der Waals surface area contributed by atoms with E-state index in [0.717, 1.165) is 25.3 Å². The molecule has 3 rings (SSSR count). The molecule has 0 unspecified atom stereocenters. The number of aromatic nitrogens is 1. The topological polar surface area (TPSA) is 52.0 Å². The number of halogens is 2. The van der Waals surface area contributed by atoms with Crippen LogP contribution in [0.3, 0.4) is 0 Å². The summed E-state index contributed by atoms with van der Waals surface area (Å²) in [4.78, 5) is 0. The zero-order valence-electron chi connectivity index (χ0n) is 9.62. The quantitative estimate of drug-likeness (QED) is 0.910. The summed E-state index contributed by atoms with van der Waals surface area (Å²) in [5.41, 5.74) is 7.04. The van der Waals surface area contributed by atoms with E-state index in [0.29, 0.717) is 17.2 Å². The van der Waals surface area contributed by atoms with Crippen LogP contribution in [0.4, 0.5) is 14.7 Å². The number of anilines is 1. The van der Waals surface area contributed by atoms with E-state index >= 15 is 0 Å². The molecule has 1 aromatic carbocycles. The molecular weight excluding hydrogens is 238 g/mol. The SMILES string of the molecule is Nc1onc(CC2CC2)c1-c1ccc(F)cc1F. The zero-order valence-corrected chi connectivity index (χ0v) is 9.62. The maximum Gasteiger partial charge on any atom is 0.230 e. The predicted molar refractivity (Wildman–Crippen MR) is 62.7 cm³/mol. The van der Waals surface area contributed by atoms with E-state index in [1.807, 2.05) is 0 Å². The first kappa shape index (κ1) is 11.2. The molecule has 0 saturated heterocycles. The Labute approximate surface area is 103 Å². The lowest BCUT2D eigenvalue weighted by atomic mass is 10.0. The van der Waals surface area contributed by atoms with Gasteiger partial charge in [-0.05, 0) is 37.3 Å². The molecule has 2 N–H and O–H groups in total. The Morgan fingerprint density at radius 1 is 1.33 bits per heavy atom. The van der Waals surface area contributed by atoms with Crippen LogP contribution in [0.2, 0.25) is 0 Å². The van der Waals surface area contributed by atoms with Crippen LogP contribution in [0.25, 0.3) is 11.1 Å². The van der Waals surface area contributed by atoms with Crippen molar-refractivity contribution in [3.05, 3.63) is 35.5 Å². The van der Waals surface area contributed by atoms with Crippen molar-refractivity contribution in [1.29, 1.82) is 0 Å². The second kappa shape index (κ2) is 4.08. The van der Waals surface area contributed by atoms with Crippen molar-refractivity contribution in [2.45, 2.75) is 19.3 Å². The molecule has 1 fully saturated rings. The van der Waals surface area contributed by atoms with E-state index in [1.54, 1.807) is 0 Å². The van der Waals surface area contributed by atoms with Crippen LogP contribution in [0.5, 0.6) is 0 Å². The lowest BCUT2D eigenvalue weighted by Crippen LogP contribution is -1.95. The van der Waals surface area contributed by atoms with Gasteiger partial charge in [0.05, 0.1) is 11.3 Å². The maximum atomic E-state index is 13.8. The first-order valence-corrected chi connectivity index (χ1v) is 5.84. The smallest absolute Gasteiger partial charge is 0.230 e. The standard InChI is InChI=1S/C13H12F2N2O/c14-8-3-4-9(10(15)6-8)12-11(5-7-1-2-7)17-18-13(12)16/h3-4,6-7H,1-2,5,16H2. The second-order valence-electron chi connectivity index (χ2n) is 4.64. The molecule has 1 aliphatic rings. The Morgan fingerprint density at radius 2 is 2.11 bits per heavy atom. The minimum Gasteiger partial charge on any atom is -0.367 e. The molecule has 18 heavy (non-hydrogen) atoms. The van der Waals surface area contributed by atoms with Crippen LogP contribution < -0.4 is 5.73 Å². The molecule has 0 aliphatic heterocycles. The summed E-state index contributed by atoms with van der Waals surface area (Å²) in [6.07, 6.45) is 3.03. The minimum atomic E-state index is -0.651. The first-order valence-electron chi connectivity index (χ1n) is 5.84. The highest BCUT2D eigenvalue weighted by molar-refractivity contribution is 5.75. The van der Waals surface area contributed by atoms with Gasteiger partial charge in [0.15, 0.2) is 0 Å². The van der Waals surface area contributed by atoms with Gasteiger partial charge in [-0.3, -0.25) is 0 Å². The molecule has 1 saturated carbocycles. The van der Waals surface area contributed by atoms with Crippen LogP contribution in [-0.4, -0.2) is 5.16 Å². The molecule has 1 aromatic heterocycles. The molecule has 0 spiro atoms. The highest BCUT2D eigenvalue weighted by atomic mass is 19.1. The Kier molecular flexibility index (Phi) is 2.54. The van der Waals surface area contributed by atoms with E-state index < -0.39 is 11.6 Å². The number of benzene rings is 1. The lowest BCUT2D eigenvalue weighted by Gasteiger charge is -2.03. The van der Waals surface area contributed by atoms with Crippen molar-refractivity contribution in [3.8, 4) is 11.1 Å². The Morgan fingerprint density at radius 3 is 2.78 bits per heavy atom. The van der Waals surface area contributed by atoms with Gasteiger partial charge in [0.25, 0.3) is 0 Å². The Balaban J connectivity index is 2.06. The average Bonchev–Trinajstić information content (AvgIpc) is 3.06. The Hall–Kier alpha value is -1.91. The number of rotatable bonds is 3. The third-order valence-corrected chi connectivity index (χ3v) is 3.17. The predicted octanol–water partition coefficient (Wildman–Crippen LogP) is 3.15. The fourth-order valence-electron chi connectivity index (χ4n) is 2.05. The van der Waals surface area contributed by atoms with Crippen molar-refractivity contribution >= 4 is 5.88 Å². The molecule has 0 bridgehead atoms. The molecule has 3 nitrogen and oxygen atoms in total. The highest BCUT2D eigenvalue weighted by Crippen LogP contribution is 2.38. The summed E-state index contributed by atoms with van der Waals surface area (Å²) in [6, 6.07) is 3.40. The van der Waals surface area contributed by atoms with E-state index in [1.165, 1.54) is 12.1 Å². The maximum absolute atomic E-state index is 13.8. The molecule has 2 aromatic rings. The van der Waals surface area contributed by atoms with Crippen LogP contribution >= 0.6 is 0 Å². The fourth-order valence-corrected chi connectivity index (χ4v) is 2.05. The van der Waals surface area contributed by atoms with Crippen molar-refractivity contribution < 1.29 is 13.3 Å². The summed E-state index contributed by atoms with van der Waals surface area (Å²) < 4.78 is 31.6. The highest BCUT2D eigenvalue weighted by Gasteiger charge is 2.27. The van der Waals surface area contributed by atoms with Crippen LogP contribution in [0.1, 0.15) is 18.5 Å². The first-order chi connectivity index (χ1) is 8.65. The van der Waals surface area contributed by atoms with Crippen molar-refractivity contribution in [3.63, 3.8) is 0 Å². The third kappa shape index (κ3) is 1.96. The number of nitrogens with two attached hydrogens (primary N) is 1. The summed E-state index contributed by atoms with van der Waals surface area (Å²) in [5.74, 6) is -0.607. The summed E-state index contributed by atoms with van der Waals surface area (Å²) >= 11 is 0. The second-order valence-corrected chi connectivity index (χ2v) is 4.64. The van der Waals surface area contributed by atoms with Gasteiger partial charge in [0.2, 0.25) is 5.88 Å². The van der Waals surface area contributed by atoms with E-state index in [9.17, 15) is 8.78 Å². The molecule has 0 radical (unpaired) electrons. The summed E-state index contributed by atoms with van der Waals surface area (Å²) in [6.45, 7) is 0. The summed E-state index contributed by atoms with van der Waals surface area (Å²) in [7, 11) is 0. The molecule has 1 heterocycles. The van der Waals surface area contributed by atoms with Crippen molar-refractivity contribution in [2.75, 3.05) is 5.73 Å². The molecule has 0 amide bonds. The zero-order chi connectivity index (χ0) is 12.7. The number of nitrogen functional groups attached to an aromatic ring is 1. The Bertz CT molecular complexity index is 591. The fraction of sp³-hybridized carbons (Fsp3) is 0.308. The van der Waals surface area contributed by atoms with Gasteiger partial charge in [0.1, 0.15) is 11.6 Å². The molecule has 0 atom stereocenters. The minimum absolute atomic E-state index is 0.0798. The third-order valence-electron chi connectivity index (χ3n) is 3.17. The van der Waals surface area contributed by atoms with Gasteiger partial charge < -0.3 is 10.3 Å². The van der Waals surface area contributed by atoms with Crippen LogP contribution in [0, 0.1) is 17.6 Å². The van der Waals surface area contributed by atoms with Crippen molar-refractivity contribution in [1.82, 2.24) is 5.16 Å². The number of hydrogen-bond donors (Lipinski definition) is 1. The van der Waals surface area contributed by atoms with Crippen LogP contribution in [0.15, 0.2) is 22.7 Å². The van der Waals surface area contributed by atoms with E-state index in [4.69, 9.17) is 10.3 Å². The van der Waals surface area contributed by atoms with Crippen molar-refractivity contribution in [2.24, 2.45) is 5.92 Å². The number of nitrogens with zero attached hydrogens (tertiary/aromatic N) is 1. The van der Waals surface area contributed by atoms with Gasteiger partial charge in [-0.1, -0.05) is 5.16 Å². The molecule has 1 aliphatic carbocycles. The molecular formula is C13H12F2N2O. The van der Waals surface area contributed by atoms with Gasteiger partial charge in [-0.15, -0.1) is 0 Å². The lowest BCUT2D eigenvalue weighted by molar-refractivity contribution is 0.426. The van der Waals surface area contributed by atoms with Crippen LogP contribution in [-0.2, 0) is 6.42 Å². The van der Waals surface area contributed by atoms with E-state index in [2.05, 4.69) is 5.16 Å². The average molecular weight is 250 g/mol. The monoisotopic (exact) mass is 250 g/mol. The van der Waals surface area contributed by atoms with Gasteiger partial charge in [-0.25, -0.2) is 8.78 Å². The number of hydrogen-bond acceptors (Lipinski definition) is 3. The van der Waals surface area contributed by atoms with Gasteiger partial charge in [-0.2, -0.15) is 0 Å². The van der Waals surface area contributed by atoms with E-state index in [-0.39, 0.29) is 11.4 Å². The molecule has 5 heteroatoms. The molecule has 94 valence electrons. The van der Waals surface area contributed by atoms with Gasteiger partial charge in [0, 0.05) is 11.6 Å². The summed E-state index contributed by atoms with van der Waals surface area (Å²) in [5, 5.41) is 3.88.